The van der Waals surface area contributed by atoms with Crippen molar-refractivity contribution in [1.29, 1.82) is 0 Å². The number of ether oxygens (including phenoxy) is 2. The van der Waals surface area contributed by atoms with Crippen molar-refractivity contribution in [3.8, 4) is 34.5 Å². The van der Waals surface area contributed by atoms with Gasteiger partial charge in [0.05, 0.1) is 0 Å². The second-order valence-corrected chi connectivity index (χ2v) is 8.79. The van der Waals surface area contributed by atoms with Gasteiger partial charge in [0, 0.05) is 11.6 Å². The first-order chi connectivity index (χ1) is 14.7. The van der Waals surface area contributed by atoms with Gasteiger partial charge in [-0.05, 0) is 53.1 Å². The third kappa shape index (κ3) is 5.13. The fourth-order valence-electron chi connectivity index (χ4n) is 3.44. The maximum absolute atomic E-state index is 10.5. The van der Waals surface area contributed by atoms with Crippen LogP contribution in [0, 0.1) is 0 Å². The molecule has 0 aromatic heterocycles. The van der Waals surface area contributed by atoms with Crippen LogP contribution in [0.25, 0.3) is 0 Å². The van der Waals surface area contributed by atoms with E-state index in [2.05, 4.69) is 27.7 Å². The first kappa shape index (κ1) is 22.5. The summed E-state index contributed by atoms with van der Waals surface area (Å²) in [4.78, 5) is 0. The lowest BCUT2D eigenvalue weighted by Crippen LogP contribution is -1.99. The molecule has 31 heavy (non-hydrogen) atoms. The van der Waals surface area contributed by atoms with Gasteiger partial charge in [-0.25, -0.2) is 0 Å². The molecule has 0 saturated heterocycles. The van der Waals surface area contributed by atoms with Crippen molar-refractivity contribution < 1.29 is 19.7 Å². The van der Waals surface area contributed by atoms with E-state index in [0.717, 1.165) is 0 Å². The van der Waals surface area contributed by atoms with E-state index in [1.165, 1.54) is 17.2 Å². The minimum atomic E-state index is -0.236. The molecule has 0 radical (unpaired) electrons. The van der Waals surface area contributed by atoms with E-state index in [1.807, 2.05) is 62.4 Å². The van der Waals surface area contributed by atoms with Crippen LogP contribution in [0.5, 0.6) is 34.5 Å². The minimum Gasteiger partial charge on any atom is -0.504 e. The predicted octanol–water partition coefficient (Wildman–Crippen LogP) is 8.05. The van der Waals surface area contributed by atoms with Crippen molar-refractivity contribution in [2.24, 2.45) is 0 Å². The molecule has 0 heterocycles. The zero-order valence-corrected chi connectivity index (χ0v) is 19.1. The molecule has 0 fully saturated rings. The van der Waals surface area contributed by atoms with Gasteiger partial charge in [0.15, 0.2) is 23.0 Å². The van der Waals surface area contributed by atoms with E-state index < -0.39 is 0 Å². The highest BCUT2D eigenvalue weighted by molar-refractivity contribution is 5.63. The average molecular weight is 421 g/mol. The zero-order chi connectivity index (χ0) is 22.7. The Kier molecular flexibility index (Phi) is 6.79. The second-order valence-electron chi connectivity index (χ2n) is 8.79. The lowest BCUT2D eigenvalue weighted by Gasteiger charge is -2.20. The molecule has 3 aromatic carbocycles. The van der Waals surface area contributed by atoms with E-state index >= 15 is 0 Å². The Hall–Kier alpha value is -3.14. The van der Waals surface area contributed by atoms with Crippen molar-refractivity contribution in [2.75, 3.05) is 0 Å². The maximum Gasteiger partial charge on any atom is 0.177 e. The van der Waals surface area contributed by atoms with Crippen LogP contribution in [-0.2, 0) is 0 Å². The molecule has 0 bridgehead atoms. The molecule has 2 N–H and O–H groups in total. The Balaban J connectivity index is 2.03. The summed E-state index contributed by atoms with van der Waals surface area (Å²) in [6.07, 6.45) is 0. The van der Waals surface area contributed by atoms with Crippen LogP contribution in [0.1, 0.15) is 76.0 Å². The molecule has 0 aliphatic carbocycles. The molecule has 3 rings (SSSR count). The topological polar surface area (TPSA) is 58.9 Å². The van der Waals surface area contributed by atoms with Gasteiger partial charge in [0.1, 0.15) is 11.5 Å². The van der Waals surface area contributed by atoms with Gasteiger partial charge < -0.3 is 19.7 Å². The quantitative estimate of drug-likeness (QED) is 0.380. The first-order valence-corrected chi connectivity index (χ1v) is 10.8. The SMILES string of the molecule is CC(C)c1ccc(Oc2cc(O)c(O)c(C(C)C)c2Oc2ccc(C(C)C)cc2)cc1. The lowest BCUT2D eigenvalue weighted by molar-refractivity contribution is 0.371. The number of phenols is 2. The zero-order valence-electron chi connectivity index (χ0n) is 19.1. The number of rotatable bonds is 7. The van der Waals surface area contributed by atoms with Crippen molar-refractivity contribution >= 4 is 0 Å². The molecule has 3 aromatic rings. The molecule has 0 amide bonds. The molecule has 164 valence electrons. The highest BCUT2D eigenvalue weighted by atomic mass is 16.5. The normalized spacial score (nSPS) is 11.4. The molecular formula is C27H32O4. The van der Waals surface area contributed by atoms with Gasteiger partial charge in [0.25, 0.3) is 0 Å². The number of aromatic hydroxyl groups is 2. The predicted molar refractivity (Wildman–Crippen MR) is 125 cm³/mol. The molecule has 0 aliphatic heterocycles. The van der Waals surface area contributed by atoms with Crippen LogP contribution in [0.15, 0.2) is 54.6 Å². The van der Waals surface area contributed by atoms with Crippen LogP contribution >= 0.6 is 0 Å². The van der Waals surface area contributed by atoms with E-state index in [4.69, 9.17) is 9.47 Å². The van der Waals surface area contributed by atoms with Gasteiger partial charge in [-0.3, -0.25) is 0 Å². The van der Waals surface area contributed by atoms with Gasteiger partial charge in [-0.15, -0.1) is 0 Å². The Bertz CT molecular complexity index is 1020. The fourth-order valence-corrected chi connectivity index (χ4v) is 3.44. The first-order valence-electron chi connectivity index (χ1n) is 10.8. The monoisotopic (exact) mass is 420 g/mol. The molecule has 0 unspecified atom stereocenters. The minimum absolute atomic E-state index is 0.0947. The number of hydrogen-bond acceptors (Lipinski definition) is 4. The standard InChI is InChI=1S/C27H32O4/c1-16(2)19-7-11-21(12-8-19)30-24-15-23(28)26(29)25(18(5)6)27(24)31-22-13-9-20(10-14-22)17(3)4/h7-18,28-29H,1-6H3. The Morgan fingerprint density at radius 3 is 1.48 bits per heavy atom. The highest BCUT2D eigenvalue weighted by Crippen LogP contribution is 2.49. The summed E-state index contributed by atoms with van der Waals surface area (Å²) in [6.45, 7) is 12.4. The molecule has 4 nitrogen and oxygen atoms in total. The third-order valence-corrected chi connectivity index (χ3v) is 5.35. The summed E-state index contributed by atoms with van der Waals surface area (Å²) in [5, 5.41) is 20.9. The van der Waals surface area contributed by atoms with E-state index in [9.17, 15) is 10.2 Å². The summed E-state index contributed by atoms with van der Waals surface area (Å²) in [6, 6.07) is 17.1. The molecule has 0 aliphatic rings. The van der Waals surface area contributed by atoms with E-state index in [0.29, 0.717) is 40.4 Å². The second kappa shape index (κ2) is 9.34. The summed E-state index contributed by atoms with van der Waals surface area (Å²) < 4.78 is 12.3. The Morgan fingerprint density at radius 2 is 1.06 bits per heavy atom. The van der Waals surface area contributed by atoms with E-state index in [-0.39, 0.29) is 17.4 Å². The van der Waals surface area contributed by atoms with Gasteiger partial charge >= 0.3 is 0 Å². The van der Waals surface area contributed by atoms with Crippen LogP contribution in [0.2, 0.25) is 0 Å². The number of phenolic OH excluding ortho intramolecular Hbond substituents is 2. The Labute approximate surface area is 185 Å². The van der Waals surface area contributed by atoms with Crippen LogP contribution < -0.4 is 9.47 Å². The van der Waals surface area contributed by atoms with Crippen molar-refractivity contribution in [3.05, 3.63) is 71.3 Å². The molecule has 0 atom stereocenters. The molecule has 0 spiro atoms. The molecular weight excluding hydrogens is 388 g/mol. The summed E-state index contributed by atoms with van der Waals surface area (Å²) in [5.41, 5.74) is 2.93. The van der Waals surface area contributed by atoms with E-state index in [1.54, 1.807) is 0 Å². The largest absolute Gasteiger partial charge is 0.504 e. The Morgan fingerprint density at radius 1 is 0.613 bits per heavy atom. The smallest absolute Gasteiger partial charge is 0.177 e. The summed E-state index contributed by atoms with van der Waals surface area (Å²) in [7, 11) is 0. The summed E-state index contributed by atoms with van der Waals surface area (Å²) >= 11 is 0. The van der Waals surface area contributed by atoms with Crippen LogP contribution in [-0.4, -0.2) is 10.2 Å². The molecule has 0 saturated carbocycles. The fraction of sp³-hybridized carbons (Fsp3) is 0.333. The number of hydrogen-bond donors (Lipinski definition) is 2. The van der Waals surface area contributed by atoms with Crippen molar-refractivity contribution in [2.45, 2.75) is 59.3 Å². The van der Waals surface area contributed by atoms with Gasteiger partial charge in [0.2, 0.25) is 0 Å². The van der Waals surface area contributed by atoms with Gasteiger partial charge in [-0.1, -0.05) is 65.8 Å². The van der Waals surface area contributed by atoms with Crippen LogP contribution in [0.3, 0.4) is 0 Å². The van der Waals surface area contributed by atoms with Crippen LogP contribution in [0.4, 0.5) is 0 Å². The van der Waals surface area contributed by atoms with Crippen molar-refractivity contribution in [3.63, 3.8) is 0 Å². The molecule has 4 heteroatoms. The van der Waals surface area contributed by atoms with Gasteiger partial charge in [-0.2, -0.15) is 0 Å². The third-order valence-electron chi connectivity index (χ3n) is 5.35. The lowest BCUT2D eigenvalue weighted by atomic mass is 9.99. The van der Waals surface area contributed by atoms with Crippen molar-refractivity contribution in [1.82, 2.24) is 0 Å². The number of benzene rings is 3. The average Bonchev–Trinajstić information content (AvgIpc) is 2.72. The maximum atomic E-state index is 10.5. The summed E-state index contributed by atoms with van der Waals surface area (Å²) in [5.74, 6) is 2.34. The highest BCUT2D eigenvalue weighted by Gasteiger charge is 2.23.